The van der Waals surface area contributed by atoms with E-state index in [1.165, 1.54) is 35.4 Å². The van der Waals surface area contributed by atoms with Crippen molar-refractivity contribution in [2.45, 2.75) is 13.8 Å². The third-order valence-electron chi connectivity index (χ3n) is 11.5. The molecule has 8 aromatic rings. The van der Waals surface area contributed by atoms with E-state index in [2.05, 4.69) is 114 Å². The van der Waals surface area contributed by atoms with Gasteiger partial charge in [-0.2, -0.15) is 0 Å². The van der Waals surface area contributed by atoms with Crippen molar-refractivity contribution in [1.82, 2.24) is 19.9 Å². The van der Waals surface area contributed by atoms with E-state index in [4.69, 9.17) is 19.9 Å². The molecular weight excluding hydrogens is 996 g/mol. The Morgan fingerprint density at radius 3 is 1.39 bits per heavy atom. The van der Waals surface area contributed by atoms with Gasteiger partial charge in [-0.1, -0.05) is 83.9 Å². The largest absolute Gasteiger partial charge is 2.00 e. The van der Waals surface area contributed by atoms with E-state index in [-0.39, 0.29) is 27.9 Å². The van der Waals surface area contributed by atoms with Gasteiger partial charge in [0.15, 0.2) is 0 Å². The number of nitro groups is 2. The fraction of sp³-hybridized carbons (Fsp3) is 0.0370. The summed E-state index contributed by atoms with van der Waals surface area (Å²) in [5.74, 6) is 0. The number of nitrogens with zero attached hydrogens (tertiary/aromatic N) is 7. The standard InChI is InChI=1S/C54H36IN7O4.Ni/c1-33-3-14-38(15-4-33)60(39-16-5-34(2)6-17-39)40-18-7-35(8-19-40)9-24-43-44-25-27-46(56-44)52(36-10-20-41(21-11-36)61(63)64)48-29-31-50(58-48)54(55)51-32-30-49(59-51)53(47-28-26-45(43)57-47)37-12-22-42(23-13-37)62(65)66;/h3-32H,1-2H3;/q-2;+2/b24-9+,44-43?,45-43?,52-46?,52-48?,53-47?,53-49?,54-50?,54-51?;. The summed E-state index contributed by atoms with van der Waals surface area (Å²) in [6, 6.07) is 46.0. The van der Waals surface area contributed by atoms with Crippen LogP contribution in [0, 0.1) is 37.6 Å². The van der Waals surface area contributed by atoms with Crippen LogP contribution in [-0.2, 0) is 16.5 Å². The van der Waals surface area contributed by atoms with Crippen molar-refractivity contribution >= 4 is 110 Å². The van der Waals surface area contributed by atoms with Crippen molar-refractivity contribution in [2.24, 2.45) is 0 Å². The fourth-order valence-electron chi connectivity index (χ4n) is 8.09. The number of hydrogen-bond donors (Lipinski definition) is 0. The molecule has 11 nitrogen and oxygen atoms in total. The van der Waals surface area contributed by atoms with Crippen molar-refractivity contribution in [3.63, 3.8) is 0 Å². The third-order valence-corrected chi connectivity index (χ3v) is 12.6. The van der Waals surface area contributed by atoms with Crippen molar-refractivity contribution in [3.8, 4) is 22.3 Å². The summed E-state index contributed by atoms with van der Waals surface area (Å²) >= 11 is 2.25. The normalized spacial score (nSPS) is 11.7. The Labute approximate surface area is 408 Å². The van der Waals surface area contributed by atoms with E-state index in [1.54, 1.807) is 24.3 Å². The van der Waals surface area contributed by atoms with Gasteiger partial charge in [-0.3, -0.25) is 20.2 Å². The second-order valence-electron chi connectivity index (χ2n) is 15.9. The summed E-state index contributed by atoms with van der Waals surface area (Å²) in [5.41, 5.74) is 15.2. The minimum absolute atomic E-state index is 0. The van der Waals surface area contributed by atoms with Crippen LogP contribution in [0.1, 0.15) is 45.0 Å². The van der Waals surface area contributed by atoms with Gasteiger partial charge in [0.1, 0.15) is 0 Å². The first kappa shape index (κ1) is 44.5. The van der Waals surface area contributed by atoms with Crippen molar-refractivity contribution < 1.29 is 26.3 Å². The molecule has 3 aromatic heterocycles. The van der Waals surface area contributed by atoms with Crippen LogP contribution in [0.15, 0.2) is 146 Å². The van der Waals surface area contributed by atoms with Crippen molar-refractivity contribution in [1.29, 1.82) is 0 Å². The molecule has 10 rings (SSSR count). The Morgan fingerprint density at radius 1 is 0.493 bits per heavy atom. The first-order valence-corrected chi connectivity index (χ1v) is 22.1. The zero-order valence-electron chi connectivity index (χ0n) is 35.8. The zero-order valence-corrected chi connectivity index (χ0v) is 38.9. The molecule has 0 atom stereocenters. The first-order chi connectivity index (χ1) is 32.1. The van der Waals surface area contributed by atoms with E-state index in [1.807, 2.05) is 60.7 Å². The second kappa shape index (κ2) is 18.6. The first-order valence-electron chi connectivity index (χ1n) is 21.0. The van der Waals surface area contributed by atoms with E-state index in [0.717, 1.165) is 42.9 Å². The summed E-state index contributed by atoms with van der Waals surface area (Å²) in [5, 5.41) is 23.3. The number of nitro benzene ring substituents is 2. The minimum Gasteiger partial charge on any atom is -0.657 e. The Kier molecular flexibility index (Phi) is 12.4. The number of aromatic nitrogens is 4. The fourth-order valence-corrected chi connectivity index (χ4v) is 8.69. The Bertz CT molecular complexity index is 3390. The predicted octanol–water partition coefficient (Wildman–Crippen LogP) is 13.9. The van der Waals surface area contributed by atoms with Gasteiger partial charge in [-0.25, -0.2) is 9.97 Å². The molecule has 0 aliphatic carbocycles. The van der Waals surface area contributed by atoms with E-state index in [0.29, 0.717) is 56.0 Å². The molecule has 5 heterocycles. The average Bonchev–Trinajstić information content (AvgIpc) is 4.19. The van der Waals surface area contributed by atoms with Gasteiger partial charge in [-0.15, -0.1) is 22.1 Å². The van der Waals surface area contributed by atoms with Crippen LogP contribution < -0.4 is 14.9 Å². The SMILES string of the molecule is Cc1ccc(N(c2ccc(C)cc2)c2ccc(/C=C/c3c4nc(c(-c5ccc([N+](=O)[O-])cc5)c5ccc([n-]5)c(I)c5nc(c(-c6ccc([N+](=O)[O-])cc6)c6ccc3[n-]6)C=C5)C=C4)cc2)cc1.[Ni+2]. The van der Waals surface area contributed by atoms with Crippen LogP contribution in [0.5, 0.6) is 0 Å². The zero-order chi connectivity index (χ0) is 45.5. The smallest absolute Gasteiger partial charge is 0.657 e. The molecule has 328 valence electrons. The Hall–Kier alpha value is -7.74. The molecule has 0 fully saturated rings. The van der Waals surface area contributed by atoms with Gasteiger partial charge in [0.25, 0.3) is 11.4 Å². The molecule has 0 radical (unpaired) electrons. The topological polar surface area (TPSA) is 144 Å². The number of fused-ring (bicyclic) bond motifs is 8. The van der Waals surface area contributed by atoms with Crippen LogP contribution in [0.2, 0.25) is 0 Å². The number of benzene rings is 5. The van der Waals surface area contributed by atoms with Crippen molar-refractivity contribution in [3.05, 3.63) is 214 Å². The molecule has 2 aliphatic heterocycles. The maximum Gasteiger partial charge on any atom is 2.00 e. The molecular formula is C54H36IN7NiO4. The van der Waals surface area contributed by atoms with Crippen LogP contribution >= 0.6 is 22.6 Å². The maximum atomic E-state index is 11.6. The van der Waals surface area contributed by atoms with Gasteiger partial charge in [0, 0.05) is 44.9 Å². The second-order valence-corrected chi connectivity index (χ2v) is 17.0. The summed E-state index contributed by atoms with van der Waals surface area (Å²) < 4.78 is 0.808. The van der Waals surface area contributed by atoms with Crippen LogP contribution in [0.25, 0.3) is 80.8 Å². The summed E-state index contributed by atoms with van der Waals surface area (Å²) in [6.45, 7) is 4.17. The Balaban J connectivity index is 0.00000562. The number of halogens is 1. The predicted molar refractivity (Wildman–Crippen MR) is 273 cm³/mol. The molecule has 8 bridgehead atoms. The molecule has 13 heteroatoms. The summed E-state index contributed by atoms with van der Waals surface area (Å²) in [7, 11) is 0. The number of anilines is 3. The quantitative estimate of drug-likeness (QED) is 0.0597. The van der Waals surface area contributed by atoms with Gasteiger partial charge in [0.2, 0.25) is 0 Å². The average molecular weight is 1030 g/mol. The molecule has 0 spiro atoms. The molecule has 0 saturated heterocycles. The van der Waals surface area contributed by atoms with Crippen LogP contribution in [-0.4, -0.2) is 19.8 Å². The molecule has 67 heavy (non-hydrogen) atoms. The molecule has 0 unspecified atom stereocenters. The van der Waals surface area contributed by atoms with E-state index in [9.17, 15) is 20.2 Å². The summed E-state index contributed by atoms with van der Waals surface area (Å²) in [6.07, 6.45) is 11.8. The number of hydrogen-bond acceptors (Lipinski definition) is 7. The molecule has 0 amide bonds. The minimum atomic E-state index is -0.416. The van der Waals surface area contributed by atoms with Crippen LogP contribution in [0.4, 0.5) is 28.4 Å². The number of rotatable bonds is 9. The number of non-ortho nitro benzene ring substituents is 2. The third kappa shape index (κ3) is 8.99. The van der Waals surface area contributed by atoms with E-state index < -0.39 is 9.85 Å². The molecule has 0 saturated carbocycles. The van der Waals surface area contributed by atoms with Crippen molar-refractivity contribution in [2.75, 3.05) is 4.90 Å². The molecule has 2 aliphatic rings. The maximum absolute atomic E-state index is 11.6. The van der Waals surface area contributed by atoms with E-state index >= 15 is 0 Å². The monoisotopic (exact) mass is 1030 g/mol. The van der Waals surface area contributed by atoms with Gasteiger partial charge >= 0.3 is 16.5 Å². The van der Waals surface area contributed by atoms with Gasteiger partial charge in [-0.05, 0) is 155 Å². The molecule has 5 aromatic carbocycles. The Morgan fingerprint density at radius 2 is 0.896 bits per heavy atom. The molecule has 0 N–H and O–H groups in total. The van der Waals surface area contributed by atoms with Gasteiger partial charge < -0.3 is 14.9 Å². The van der Waals surface area contributed by atoms with Gasteiger partial charge in [0.05, 0.1) is 32.6 Å². The number of aryl methyl sites for hydroxylation is 2. The summed E-state index contributed by atoms with van der Waals surface area (Å²) in [4.78, 5) is 45.3. The van der Waals surface area contributed by atoms with Crippen LogP contribution in [0.3, 0.4) is 0 Å².